The molecular formula is C20H30N2O6Si. The number of nitrogens with zero attached hydrogens (tertiary/aromatic N) is 1. The SMILES string of the molecule is C#Cc1cc(=O)[nH]c(=O)n1[C@@H]1O[C@H](CO[Si](C)(C)C(C)(C)C)[C@H]2OC(C)(C)O[C@H]21. The van der Waals surface area contributed by atoms with Crippen LogP contribution in [0.15, 0.2) is 15.7 Å². The molecule has 2 fully saturated rings. The Labute approximate surface area is 171 Å². The summed E-state index contributed by atoms with van der Waals surface area (Å²) in [5.41, 5.74) is -1.08. The zero-order chi connectivity index (χ0) is 21.8. The van der Waals surface area contributed by atoms with E-state index in [-0.39, 0.29) is 10.7 Å². The van der Waals surface area contributed by atoms with Gasteiger partial charge in [-0.25, -0.2) is 4.79 Å². The van der Waals surface area contributed by atoms with Crippen molar-refractivity contribution in [1.29, 1.82) is 0 Å². The summed E-state index contributed by atoms with van der Waals surface area (Å²) < 4.78 is 25.9. The molecule has 1 N–H and O–H groups in total. The van der Waals surface area contributed by atoms with Crippen molar-refractivity contribution >= 4 is 8.32 Å². The van der Waals surface area contributed by atoms with Crippen LogP contribution in [0.3, 0.4) is 0 Å². The second-order valence-electron chi connectivity index (χ2n) is 9.54. The van der Waals surface area contributed by atoms with Crippen molar-refractivity contribution in [3.8, 4) is 12.3 Å². The van der Waals surface area contributed by atoms with Crippen molar-refractivity contribution in [3.05, 3.63) is 32.6 Å². The molecule has 0 bridgehead atoms. The van der Waals surface area contributed by atoms with Crippen molar-refractivity contribution in [1.82, 2.24) is 9.55 Å². The molecule has 0 aliphatic carbocycles. The van der Waals surface area contributed by atoms with Crippen molar-refractivity contribution in [2.24, 2.45) is 0 Å². The number of hydrogen-bond acceptors (Lipinski definition) is 6. The summed E-state index contributed by atoms with van der Waals surface area (Å²) in [5, 5.41) is 0.0448. The lowest BCUT2D eigenvalue weighted by Crippen LogP contribution is -2.44. The minimum atomic E-state index is -2.01. The van der Waals surface area contributed by atoms with E-state index in [1.54, 1.807) is 0 Å². The van der Waals surface area contributed by atoms with Gasteiger partial charge >= 0.3 is 5.69 Å². The van der Waals surface area contributed by atoms with Crippen LogP contribution < -0.4 is 11.2 Å². The minimum Gasteiger partial charge on any atom is -0.414 e. The van der Waals surface area contributed by atoms with Crippen molar-refractivity contribution in [2.75, 3.05) is 6.61 Å². The maximum Gasteiger partial charge on any atom is 0.331 e. The van der Waals surface area contributed by atoms with Gasteiger partial charge in [-0.05, 0) is 32.0 Å². The monoisotopic (exact) mass is 422 g/mol. The predicted octanol–water partition coefficient (Wildman–Crippen LogP) is 1.96. The van der Waals surface area contributed by atoms with E-state index in [0.29, 0.717) is 6.61 Å². The molecule has 1 aromatic heterocycles. The molecule has 9 heteroatoms. The number of aromatic nitrogens is 2. The van der Waals surface area contributed by atoms with Gasteiger partial charge in [0.1, 0.15) is 24.0 Å². The first-order valence-corrected chi connectivity index (χ1v) is 12.6. The quantitative estimate of drug-likeness (QED) is 0.589. The molecule has 0 amide bonds. The van der Waals surface area contributed by atoms with Crippen LogP contribution in [0.4, 0.5) is 0 Å². The normalized spacial score (nSPS) is 28.9. The molecule has 2 aliphatic rings. The summed E-state index contributed by atoms with van der Waals surface area (Å²) in [5.74, 6) is 1.55. The predicted molar refractivity (Wildman–Crippen MR) is 110 cm³/mol. The van der Waals surface area contributed by atoms with Gasteiger partial charge in [-0.3, -0.25) is 14.3 Å². The third-order valence-corrected chi connectivity index (χ3v) is 10.4. The van der Waals surface area contributed by atoms with Gasteiger partial charge in [-0.1, -0.05) is 26.7 Å². The van der Waals surface area contributed by atoms with E-state index in [0.717, 1.165) is 0 Å². The molecule has 3 heterocycles. The fraction of sp³-hybridized carbons (Fsp3) is 0.700. The molecule has 0 saturated carbocycles. The van der Waals surface area contributed by atoms with E-state index in [4.69, 9.17) is 25.1 Å². The molecule has 8 nitrogen and oxygen atoms in total. The molecule has 2 aliphatic heterocycles. The fourth-order valence-electron chi connectivity index (χ4n) is 3.38. The van der Waals surface area contributed by atoms with E-state index in [2.05, 4.69) is 44.8 Å². The summed E-state index contributed by atoms with van der Waals surface area (Å²) in [6.07, 6.45) is 3.28. The number of hydrogen-bond donors (Lipinski definition) is 1. The van der Waals surface area contributed by atoms with Crippen LogP contribution in [-0.4, -0.2) is 48.6 Å². The molecule has 0 radical (unpaired) electrons. The van der Waals surface area contributed by atoms with Gasteiger partial charge in [0.25, 0.3) is 5.56 Å². The highest BCUT2D eigenvalue weighted by atomic mass is 28.4. The molecule has 4 atom stereocenters. The van der Waals surface area contributed by atoms with E-state index >= 15 is 0 Å². The lowest BCUT2D eigenvalue weighted by atomic mass is 10.1. The Morgan fingerprint density at radius 2 is 1.90 bits per heavy atom. The summed E-state index contributed by atoms with van der Waals surface area (Å²) in [4.78, 5) is 26.4. The fourth-order valence-corrected chi connectivity index (χ4v) is 4.39. The molecule has 160 valence electrons. The molecule has 1 aromatic rings. The molecule has 29 heavy (non-hydrogen) atoms. The largest absolute Gasteiger partial charge is 0.414 e. The standard InChI is InChI=1S/C20H30N2O6Si/c1-9-12-10-14(23)21-18(24)22(12)17-16-15(27-20(5,6)28-16)13(26-17)11-25-29(7,8)19(2,3)4/h1,10,13,15-17H,11H2,2-8H3,(H,21,23,24)/t13-,15-,16-,17-/m1/s1. The molecule has 0 aromatic carbocycles. The smallest absolute Gasteiger partial charge is 0.331 e. The number of fused-ring (bicyclic) bond motifs is 1. The van der Waals surface area contributed by atoms with Gasteiger partial charge in [-0.2, -0.15) is 0 Å². The van der Waals surface area contributed by atoms with Gasteiger partial charge in [-0.15, -0.1) is 6.42 Å². The van der Waals surface area contributed by atoms with E-state index in [1.807, 2.05) is 13.8 Å². The van der Waals surface area contributed by atoms with Crippen molar-refractivity contribution < 1.29 is 18.6 Å². The average Bonchev–Trinajstić information content (AvgIpc) is 3.04. The number of aromatic amines is 1. The van der Waals surface area contributed by atoms with E-state index < -0.39 is 49.9 Å². The van der Waals surface area contributed by atoms with Crippen LogP contribution in [0, 0.1) is 12.3 Å². The Hall–Kier alpha value is -1.70. The highest BCUT2D eigenvalue weighted by molar-refractivity contribution is 6.74. The summed E-state index contributed by atoms with van der Waals surface area (Å²) >= 11 is 0. The number of rotatable bonds is 4. The van der Waals surface area contributed by atoms with Crippen LogP contribution in [0.5, 0.6) is 0 Å². The Morgan fingerprint density at radius 3 is 2.48 bits per heavy atom. The van der Waals surface area contributed by atoms with Gasteiger partial charge in [0, 0.05) is 6.07 Å². The van der Waals surface area contributed by atoms with E-state index in [1.165, 1.54) is 10.6 Å². The first-order valence-electron chi connectivity index (χ1n) is 9.73. The number of ether oxygens (including phenoxy) is 3. The van der Waals surface area contributed by atoms with Gasteiger partial charge < -0.3 is 18.6 Å². The molecule has 0 unspecified atom stereocenters. The highest BCUT2D eigenvalue weighted by Crippen LogP contribution is 2.44. The van der Waals surface area contributed by atoms with Gasteiger partial charge in [0.05, 0.1) is 6.61 Å². The second kappa shape index (κ2) is 7.21. The third-order valence-electron chi connectivity index (χ3n) is 5.92. The molecular weight excluding hydrogens is 392 g/mol. The number of H-pyrrole nitrogens is 1. The van der Waals surface area contributed by atoms with Gasteiger partial charge in [0.15, 0.2) is 20.3 Å². The van der Waals surface area contributed by atoms with E-state index in [9.17, 15) is 9.59 Å². The Bertz CT molecular complexity index is 936. The Balaban J connectivity index is 1.93. The molecule has 0 spiro atoms. The zero-order valence-corrected chi connectivity index (χ0v) is 19.1. The average molecular weight is 423 g/mol. The molecule has 2 saturated heterocycles. The first-order chi connectivity index (χ1) is 13.3. The lowest BCUT2D eigenvalue weighted by molar-refractivity contribution is -0.200. The molecule has 3 rings (SSSR count). The van der Waals surface area contributed by atoms with Crippen LogP contribution in [0.1, 0.15) is 46.5 Å². The van der Waals surface area contributed by atoms with Crippen LogP contribution >= 0.6 is 0 Å². The Kier molecular flexibility index (Phi) is 5.47. The maximum atomic E-state index is 12.5. The first kappa shape index (κ1) is 22.0. The summed E-state index contributed by atoms with van der Waals surface area (Å²) in [7, 11) is -2.01. The van der Waals surface area contributed by atoms with Crippen LogP contribution in [0.2, 0.25) is 18.1 Å². The van der Waals surface area contributed by atoms with Crippen molar-refractivity contribution in [2.45, 2.75) is 83.1 Å². The maximum absolute atomic E-state index is 12.5. The lowest BCUT2D eigenvalue weighted by Gasteiger charge is -2.37. The number of terminal acetylenes is 1. The van der Waals surface area contributed by atoms with Crippen molar-refractivity contribution in [3.63, 3.8) is 0 Å². The highest BCUT2D eigenvalue weighted by Gasteiger charge is 2.57. The van der Waals surface area contributed by atoms with Gasteiger partial charge in [0.2, 0.25) is 0 Å². The topological polar surface area (TPSA) is 91.8 Å². The zero-order valence-electron chi connectivity index (χ0n) is 18.1. The summed E-state index contributed by atoms with van der Waals surface area (Å²) in [6.45, 7) is 14.8. The summed E-state index contributed by atoms with van der Waals surface area (Å²) in [6, 6.07) is 1.19. The minimum absolute atomic E-state index is 0.0448. The third kappa shape index (κ3) is 4.13. The van der Waals surface area contributed by atoms with Crippen LogP contribution in [0.25, 0.3) is 0 Å². The number of nitrogens with one attached hydrogen (secondary N) is 1. The second-order valence-corrected chi connectivity index (χ2v) is 14.3. The van der Waals surface area contributed by atoms with Crippen LogP contribution in [-0.2, 0) is 18.6 Å². The Morgan fingerprint density at radius 1 is 1.28 bits per heavy atom.